The Morgan fingerprint density at radius 1 is 0.974 bits per heavy atom. The van der Waals surface area contributed by atoms with E-state index in [0.29, 0.717) is 48.1 Å². The Balaban J connectivity index is 1.52. The van der Waals surface area contributed by atoms with E-state index in [0.717, 1.165) is 23.3 Å². The fourth-order valence-corrected chi connectivity index (χ4v) is 4.56. The van der Waals surface area contributed by atoms with Gasteiger partial charge in [-0.3, -0.25) is 9.59 Å². The van der Waals surface area contributed by atoms with Gasteiger partial charge in [0, 0.05) is 30.5 Å². The van der Waals surface area contributed by atoms with Gasteiger partial charge in [0.05, 0.1) is 5.52 Å². The zero-order valence-electron chi connectivity index (χ0n) is 20.4. The molecular formula is C28H25F2N5O3. The first-order valence-electron chi connectivity index (χ1n) is 12.1. The first-order valence-corrected chi connectivity index (χ1v) is 12.1. The number of carbonyl (C=O) groups is 2. The lowest BCUT2D eigenvalue weighted by Crippen LogP contribution is -2.27. The molecule has 3 aromatic carbocycles. The fourth-order valence-electron chi connectivity index (χ4n) is 4.56. The monoisotopic (exact) mass is 517 g/mol. The third-order valence-corrected chi connectivity index (χ3v) is 6.47. The molecule has 1 aliphatic heterocycles. The number of fused-ring (bicyclic) bond motifs is 2. The zero-order chi connectivity index (χ0) is 26.8. The van der Waals surface area contributed by atoms with Crippen molar-refractivity contribution in [2.24, 2.45) is 5.73 Å². The lowest BCUT2D eigenvalue weighted by Gasteiger charge is -2.17. The third-order valence-electron chi connectivity index (χ3n) is 6.47. The van der Waals surface area contributed by atoms with E-state index in [4.69, 9.17) is 16.2 Å². The van der Waals surface area contributed by atoms with E-state index in [2.05, 4.69) is 9.97 Å². The van der Waals surface area contributed by atoms with E-state index < -0.39 is 17.6 Å². The quantitative estimate of drug-likeness (QED) is 0.354. The topological polar surface area (TPSA) is 124 Å². The summed E-state index contributed by atoms with van der Waals surface area (Å²) >= 11 is 0. The molecular weight excluding hydrogens is 492 g/mol. The number of aromatic nitrogens is 2. The molecule has 5 rings (SSSR count). The molecule has 0 saturated heterocycles. The first kappa shape index (κ1) is 25.2. The number of hydrogen-bond donors (Lipinski definition) is 2. The number of halogens is 2. The standard InChI is InChI=1S/C28H25F2N5O3/c29-22-11-19(15-38-25(36)6-3-9-31)20(12-23(22)30)16-7-8-24-21(10-16)26(34-28(32)33-24)27(37)35-13-17-4-1-2-5-18(17)14-35/h1-2,4-5,7-8,10-12H,3,6,9,13-15,31H2,(H2,32,33,34). The summed E-state index contributed by atoms with van der Waals surface area (Å²) < 4.78 is 33.7. The van der Waals surface area contributed by atoms with Gasteiger partial charge in [0.2, 0.25) is 5.95 Å². The van der Waals surface area contributed by atoms with Gasteiger partial charge in [-0.15, -0.1) is 0 Å². The highest BCUT2D eigenvalue weighted by atomic mass is 19.2. The van der Waals surface area contributed by atoms with Crippen LogP contribution < -0.4 is 11.5 Å². The van der Waals surface area contributed by atoms with Crippen LogP contribution >= 0.6 is 0 Å². The van der Waals surface area contributed by atoms with Gasteiger partial charge in [0.15, 0.2) is 11.6 Å². The minimum Gasteiger partial charge on any atom is -0.461 e. The van der Waals surface area contributed by atoms with Gasteiger partial charge < -0.3 is 21.1 Å². The van der Waals surface area contributed by atoms with Crippen molar-refractivity contribution < 1.29 is 23.1 Å². The van der Waals surface area contributed by atoms with Crippen LogP contribution in [0.5, 0.6) is 0 Å². The number of amides is 1. The van der Waals surface area contributed by atoms with Crippen LogP contribution in [0.4, 0.5) is 14.7 Å². The molecule has 0 saturated carbocycles. The number of nitrogens with zero attached hydrogens (tertiary/aromatic N) is 3. The molecule has 38 heavy (non-hydrogen) atoms. The van der Waals surface area contributed by atoms with Crippen molar-refractivity contribution in [1.29, 1.82) is 0 Å². The molecule has 0 aliphatic carbocycles. The summed E-state index contributed by atoms with van der Waals surface area (Å²) in [6, 6.07) is 14.8. The van der Waals surface area contributed by atoms with Gasteiger partial charge in [-0.05, 0) is 59.5 Å². The number of anilines is 1. The summed E-state index contributed by atoms with van der Waals surface area (Å²) in [5, 5.41) is 0.410. The summed E-state index contributed by atoms with van der Waals surface area (Å²) in [5.41, 5.74) is 15.0. The molecule has 0 unspecified atom stereocenters. The second kappa shape index (κ2) is 10.5. The molecule has 0 radical (unpaired) electrons. The maximum absolute atomic E-state index is 14.3. The van der Waals surface area contributed by atoms with Crippen LogP contribution in [0.15, 0.2) is 54.6 Å². The average molecular weight is 518 g/mol. The fraction of sp³-hybridized carbons (Fsp3) is 0.214. The normalized spacial score (nSPS) is 12.6. The minimum atomic E-state index is -1.07. The second-order valence-electron chi connectivity index (χ2n) is 9.07. The number of rotatable bonds is 7. The summed E-state index contributed by atoms with van der Waals surface area (Å²) in [5.74, 6) is -2.99. The molecule has 4 N–H and O–H groups in total. The number of nitrogens with two attached hydrogens (primary N) is 2. The van der Waals surface area contributed by atoms with Gasteiger partial charge in [0.1, 0.15) is 12.3 Å². The van der Waals surface area contributed by atoms with Gasteiger partial charge in [0.25, 0.3) is 5.91 Å². The van der Waals surface area contributed by atoms with E-state index >= 15 is 0 Å². The molecule has 0 fully saturated rings. The Morgan fingerprint density at radius 3 is 2.39 bits per heavy atom. The van der Waals surface area contributed by atoms with Crippen molar-refractivity contribution in [2.45, 2.75) is 32.5 Å². The van der Waals surface area contributed by atoms with Gasteiger partial charge in [-0.1, -0.05) is 30.3 Å². The maximum atomic E-state index is 14.3. The minimum absolute atomic E-state index is 0.0526. The Kier molecular flexibility index (Phi) is 6.97. The first-order chi connectivity index (χ1) is 18.3. The van der Waals surface area contributed by atoms with E-state index in [1.807, 2.05) is 24.3 Å². The zero-order valence-corrected chi connectivity index (χ0v) is 20.4. The lowest BCUT2D eigenvalue weighted by atomic mass is 9.97. The van der Waals surface area contributed by atoms with Crippen LogP contribution in [0, 0.1) is 11.6 Å². The largest absolute Gasteiger partial charge is 0.461 e. The molecule has 1 aromatic heterocycles. The SMILES string of the molecule is NCCCC(=O)OCc1cc(F)c(F)cc1-c1ccc2nc(N)nc(C(=O)N3Cc4ccccc4C3)c2c1. The van der Waals surface area contributed by atoms with Crippen LogP contribution in [0.2, 0.25) is 0 Å². The summed E-state index contributed by atoms with van der Waals surface area (Å²) in [6.07, 6.45) is 0.576. The Bertz CT molecular complexity index is 1530. The van der Waals surface area contributed by atoms with Gasteiger partial charge in [-0.2, -0.15) is 0 Å². The Hall–Kier alpha value is -4.44. The molecule has 1 amide bonds. The van der Waals surface area contributed by atoms with Crippen LogP contribution in [0.3, 0.4) is 0 Å². The van der Waals surface area contributed by atoms with Crippen LogP contribution in [0.25, 0.3) is 22.0 Å². The number of hydrogen-bond acceptors (Lipinski definition) is 7. The Morgan fingerprint density at radius 2 is 1.68 bits per heavy atom. The highest BCUT2D eigenvalue weighted by Crippen LogP contribution is 2.32. The van der Waals surface area contributed by atoms with Gasteiger partial charge >= 0.3 is 5.97 Å². The summed E-state index contributed by atoms with van der Waals surface area (Å²) in [4.78, 5) is 35.7. The number of carbonyl (C=O) groups excluding carboxylic acids is 2. The third kappa shape index (κ3) is 5.03. The molecule has 2 heterocycles. The number of benzene rings is 3. The number of esters is 1. The van der Waals surface area contributed by atoms with E-state index in [9.17, 15) is 18.4 Å². The van der Waals surface area contributed by atoms with Crippen molar-refractivity contribution in [3.05, 3.63) is 88.6 Å². The van der Waals surface area contributed by atoms with Crippen LogP contribution in [0.1, 0.15) is 40.0 Å². The molecule has 8 nitrogen and oxygen atoms in total. The van der Waals surface area contributed by atoms with Crippen molar-refractivity contribution in [1.82, 2.24) is 14.9 Å². The van der Waals surface area contributed by atoms with Crippen molar-refractivity contribution in [3.63, 3.8) is 0 Å². The molecule has 194 valence electrons. The molecule has 0 spiro atoms. The summed E-state index contributed by atoms with van der Waals surface area (Å²) in [6.45, 7) is 0.940. The van der Waals surface area contributed by atoms with E-state index in [-0.39, 0.29) is 36.1 Å². The molecule has 4 aromatic rings. The van der Waals surface area contributed by atoms with Crippen LogP contribution in [-0.2, 0) is 29.2 Å². The number of ether oxygens (including phenoxy) is 1. The Labute approximate surface area is 217 Å². The van der Waals surface area contributed by atoms with Crippen molar-refractivity contribution >= 4 is 28.7 Å². The predicted molar refractivity (Wildman–Crippen MR) is 137 cm³/mol. The van der Waals surface area contributed by atoms with Gasteiger partial charge in [-0.25, -0.2) is 18.7 Å². The predicted octanol–water partition coefficient (Wildman–Crippen LogP) is 4.10. The average Bonchev–Trinajstić information content (AvgIpc) is 3.35. The molecule has 0 bridgehead atoms. The van der Waals surface area contributed by atoms with E-state index in [1.165, 1.54) is 0 Å². The molecule has 0 atom stereocenters. The van der Waals surface area contributed by atoms with Crippen LogP contribution in [-0.4, -0.2) is 33.3 Å². The highest BCUT2D eigenvalue weighted by Gasteiger charge is 2.27. The smallest absolute Gasteiger partial charge is 0.306 e. The van der Waals surface area contributed by atoms with Crippen molar-refractivity contribution in [2.75, 3.05) is 12.3 Å². The second-order valence-corrected chi connectivity index (χ2v) is 9.07. The molecule has 10 heteroatoms. The van der Waals surface area contributed by atoms with E-state index in [1.54, 1.807) is 23.1 Å². The maximum Gasteiger partial charge on any atom is 0.306 e. The molecule has 1 aliphatic rings. The highest BCUT2D eigenvalue weighted by molar-refractivity contribution is 6.06. The number of nitrogen functional groups attached to an aromatic ring is 1. The summed E-state index contributed by atoms with van der Waals surface area (Å²) in [7, 11) is 0. The van der Waals surface area contributed by atoms with Crippen molar-refractivity contribution in [3.8, 4) is 11.1 Å². The lowest BCUT2D eigenvalue weighted by molar-refractivity contribution is -0.145.